The quantitative estimate of drug-likeness (QED) is 0.529. The van der Waals surface area contributed by atoms with Crippen molar-refractivity contribution in [3.8, 4) is 0 Å². The van der Waals surface area contributed by atoms with Gasteiger partial charge in [-0.05, 0) is 47.3 Å². The zero-order valence-corrected chi connectivity index (χ0v) is 16.3. The fourth-order valence-corrected chi connectivity index (χ4v) is 5.26. The number of benzene rings is 3. The lowest BCUT2D eigenvalue weighted by molar-refractivity contribution is 0.0666. The summed E-state index contributed by atoms with van der Waals surface area (Å²) >= 11 is 1.47. The van der Waals surface area contributed by atoms with E-state index in [-0.39, 0.29) is 11.4 Å². The molecule has 0 spiro atoms. The first-order chi connectivity index (χ1) is 12.9. The van der Waals surface area contributed by atoms with E-state index >= 15 is 0 Å². The maximum Gasteiger partial charge on any atom is 0.240 e. The molecular weight excluding hydrogens is 378 g/mol. The minimum atomic E-state index is -3.73. The zero-order chi connectivity index (χ0) is 19.1. The molecule has 0 aliphatic rings. The molecule has 0 bridgehead atoms. The number of thiophene rings is 1. The Bertz CT molecular complexity index is 1190. The first kappa shape index (κ1) is 18.1. The number of fused-ring (bicyclic) bond motifs is 2. The molecule has 0 fully saturated rings. The number of hydrogen-bond donors (Lipinski definition) is 2. The molecule has 0 aliphatic carbocycles. The summed E-state index contributed by atoms with van der Waals surface area (Å²) < 4.78 is 29.0. The molecule has 0 aliphatic heterocycles. The van der Waals surface area contributed by atoms with Crippen molar-refractivity contribution in [2.75, 3.05) is 6.54 Å². The Morgan fingerprint density at radius 1 is 0.926 bits per heavy atom. The molecule has 1 heterocycles. The summed E-state index contributed by atoms with van der Waals surface area (Å²) in [6.45, 7) is 1.52. The van der Waals surface area contributed by atoms with Gasteiger partial charge in [0, 0.05) is 16.1 Å². The Balaban J connectivity index is 1.58. The average molecular weight is 398 g/mol. The SMILES string of the molecule is CC(O)(CNS(=O)(=O)c1ccc2ccccc2c1)c1cc2ccccc2s1. The van der Waals surface area contributed by atoms with E-state index in [1.807, 2.05) is 54.6 Å². The second-order valence-electron chi connectivity index (χ2n) is 6.76. The molecule has 4 aromatic rings. The molecule has 1 aromatic heterocycles. The largest absolute Gasteiger partial charge is 0.383 e. The Hall–Kier alpha value is -2.25. The lowest BCUT2D eigenvalue weighted by Crippen LogP contribution is -2.38. The van der Waals surface area contributed by atoms with Crippen LogP contribution in [0.15, 0.2) is 77.7 Å². The third kappa shape index (κ3) is 3.61. The van der Waals surface area contributed by atoms with E-state index in [1.54, 1.807) is 25.1 Å². The minimum absolute atomic E-state index is 0.102. The van der Waals surface area contributed by atoms with E-state index in [1.165, 1.54) is 11.3 Å². The van der Waals surface area contributed by atoms with Crippen LogP contribution in [0.1, 0.15) is 11.8 Å². The van der Waals surface area contributed by atoms with Gasteiger partial charge < -0.3 is 5.11 Å². The van der Waals surface area contributed by atoms with Crippen LogP contribution in [0.3, 0.4) is 0 Å². The van der Waals surface area contributed by atoms with E-state index in [2.05, 4.69) is 4.72 Å². The van der Waals surface area contributed by atoms with E-state index < -0.39 is 15.6 Å². The van der Waals surface area contributed by atoms with Gasteiger partial charge in [-0.25, -0.2) is 13.1 Å². The van der Waals surface area contributed by atoms with Crippen molar-refractivity contribution in [2.24, 2.45) is 0 Å². The van der Waals surface area contributed by atoms with Crippen molar-refractivity contribution in [2.45, 2.75) is 17.4 Å². The molecule has 138 valence electrons. The van der Waals surface area contributed by atoms with Gasteiger partial charge in [-0.15, -0.1) is 11.3 Å². The van der Waals surface area contributed by atoms with Crippen molar-refractivity contribution in [3.63, 3.8) is 0 Å². The molecule has 4 nitrogen and oxygen atoms in total. The molecule has 4 rings (SSSR count). The summed E-state index contributed by atoms with van der Waals surface area (Å²) in [5.41, 5.74) is -1.30. The summed E-state index contributed by atoms with van der Waals surface area (Å²) in [5.74, 6) is 0. The first-order valence-electron chi connectivity index (χ1n) is 8.55. The van der Waals surface area contributed by atoms with Crippen molar-refractivity contribution in [1.82, 2.24) is 4.72 Å². The highest BCUT2D eigenvalue weighted by molar-refractivity contribution is 7.89. The summed E-state index contributed by atoms with van der Waals surface area (Å²) in [7, 11) is -3.73. The summed E-state index contributed by atoms with van der Waals surface area (Å²) in [4.78, 5) is 0.915. The average Bonchev–Trinajstić information content (AvgIpc) is 3.11. The Kier molecular flexibility index (Phi) is 4.52. The monoisotopic (exact) mass is 397 g/mol. The Labute approximate surface area is 162 Å². The van der Waals surface area contributed by atoms with E-state index in [4.69, 9.17) is 0 Å². The van der Waals surface area contributed by atoms with Gasteiger partial charge in [0.15, 0.2) is 0 Å². The normalized spacial score (nSPS) is 14.4. The molecular formula is C21H19NO3S2. The van der Waals surface area contributed by atoms with E-state index in [9.17, 15) is 13.5 Å². The third-order valence-electron chi connectivity index (χ3n) is 4.59. The number of sulfonamides is 1. The molecule has 0 radical (unpaired) electrons. The zero-order valence-electron chi connectivity index (χ0n) is 14.7. The fraction of sp³-hybridized carbons (Fsp3) is 0.143. The highest BCUT2D eigenvalue weighted by Gasteiger charge is 2.28. The van der Waals surface area contributed by atoms with Crippen molar-refractivity contribution < 1.29 is 13.5 Å². The molecule has 6 heteroatoms. The van der Waals surface area contributed by atoms with Crippen molar-refractivity contribution in [3.05, 3.63) is 77.7 Å². The van der Waals surface area contributed by atoms with Gasteiger partial charge in [-0.3, -0.25) is 0 Å². The van der Waals surface area contributed by atoms with Gasteiger partial charge in [0.05, 0.1) is 4.90 Å². The molecule has 0 saturated heterocycles. The fourth-order valence-electron chi connectivity index (χ4n) is 2.99. The molecule has 27 heavy (non-hydrogen) atoms. The number of aliphatic hydroxyl groups is 1. The van der Waals surface area contributed by atoms with E-state index in [0.717, 1.165) is 25.7 Å². The predicted octanol–water partition coefficient (Wildman–Crippen LogP) is 4.24. The molecule has 3 aromatic carbocycles. The van der Waals surface area contributed by atoms with E-state index in [0.29, 0.717) is 0 Å². The Morgan fingerprint density at radius 3 is 2.33 bits per heavy atom. The minimum Gasteiger partial charge on any atom is -0.383 e. The first-order valence-corrected chi connectivity index (χ1v) is 10.9. The maximum absolute atomic E-state index is 12.7. The van der Waals surface area contributed by atoms with Gasteiger partial charge in [-0.2, -0.15) is 0 Å². The third-order valence-corrected chi connectivity index (χ3v) is 7.36. The van der Waals surface area contributed by atoms with Gasteiger partial charge in [-0.1, -0.05) is 48.5 Å². The number of hydrogen-bond acceptors (Lipinski definition) is 4. The number of rotatable bonds is 5. The van der Waals surface area contributed by atoms with Crippen LogP contribution in [-0.4, -0.2) is 20.1 Å². The second-order valence-corrected chi connectivity index (χ2v) is 9.61. The maximum atomic E-state index is 12.7. The second kappa shape index (κ2) is 6.73. The molecule has 1 unspecified atom stereocenters. The Morgan fingerprint density at radius 2 is 1.59 bits per heavy atom. The van der Waals surface area contributed by atoms with Crippen LogP contribution >= 0.6 is 11.3 Å². The smallest absolute Gasteiger partial charge is 0.240 e. The van der Waals surface area contributed by atoms with Crippen LogP contribution in [0.2, 0.25) is 0 Å². The lowest BCUT2D eigenvalue weighted by atomic mass is 10.1. The summed E-state index contributed by atoms with van der Waals surface area (Å²) in [6, 6.07) is 22.4. The number of nitrogens with one attached hydrogen (secondary N) is 1. The van der Waals surface area contributed by atoms with Crippen LogP contribution in [-0.2, 0) is 15.6 Å². The van der Waals surface area contributed by atoms with Crippen LogP contribution in [0, 0.1) is 0 Å². The highest BCUT2D eigenvalue weighted by Crippen LogP contribution is 2.33. The summed E-state index contributed by atoms with van der Waals surface area (Å²) in [6.07, 6.45) is 0. The van der Waals surface area contributed by atoms with Gasteiger partial charge in [0.1, 0.15) is 5.60 Å². The summed E-state index contributed by atoms with van der Waals surface area (Å²) in [5, 5.41) is 13.7. The predicted molar refractivity (Wildman–Crippen MR) is 111 cm³/mol. The van der Waals surface area contributed by atoms with Gasteiger partial charge >= 0.3 is 0 Å². The van der Waals surface area contributed by atoms with Crippen LogP contribution in [0.4, 0.5) is 0 Å². The van der Waals surface area contributed by atoms with Crippen molar-refractivity contribution >= 4 is 42.2 Å². The van der Waals surface area contributed by atoms with Crippen LogP contribution in [0.5, 0.6) is 0 Å². The van der Waals surface area contributed by atoms with Crippen LogP contribution in [0.25, 0.3) is 20.9 Å². The topological polar surface area (TPSA) is 66.4 Å². The lowest BCUT2D eigenvalue weighted by Gasteiger charge is -2.22. The highest BCUT2D eigenvalue weighted by atomic mass is 32.2. The molecule has 0 amide bonds. The standard InChI is InChI=1S/C21H19NO3S2/c1-21(23,20-13-17-8-4-5-9-19(17)26-20)14-22-27(24,25)18-11-10-15-6-2-3-7-16(15)12-18/h2-13,22-23H,14H2,1H3. The van der Waals surface area contributed by atoms with Gasteiger partial charge in [0.2, 0.25) is 10.0 Å². The van der Waals surface area contributed by atoms with Crippen LogP contribution < -0.4 is 4.72 Å². The van der Waals surface area contributed by atoms with Gasteiger partial charge in [0.25, 0.3) is 0 Å². The molecule has 0 saturated carbocycles. The molecule has 2 N–H and O–H groups in total. The van der Waals surface area contributed by atoms with Crippen molar-refractivity contribution in [1.29, 1.82) is 0 Å². The molecule has 1 atom stereocenters.